The number of amides is 2. The molecule has 1 aromatic rings. The van der Waals surface area contributed by atoms with Gasteiger partial charge in [0.25, 0.3) is 0 Å². The third-order valence-corrected chi connectivity index (χ3v) is 3.39. The summed E-state index contributed by atoms with van der Waals surface area (Å²) in [6, 6.07) is 6.96. The van der Waals surface area contributed by atoms with Gasteiger partial charge in [-0.2, -0.15) is 0 Å². The molecule has 0 bridgehead atoms. The van der Waals surface area contributed by atoms with Gasteiger partial charge < -0.3 is 20.4 Å². The van der Waals surface area contributed by atoms with E-state index >= 15 is 0 Å². The quantitative estimate of drug-likeness (QED) is 0.768. The molecule has 1 fully saturated rings. The molecule has 0 saturated carbocycles. The summed E-state index contributed by atoms with van der Waals surface area (Å²) in [5.74, 6) is -1.12. The van der Waals surface area contributed by atoms with Gasteiger partial charge in [0.05, 0.1) is 12.1 Å². The Kier molecular flexibility index (Phi) is 3.94. The number of likely N-dealkylation sites (tertiary alicyclic amines) is 1. The predicted octanol–water partition coefficient (Wildman–Crippen LogP) is 0.979. The average Bonchev–Trinajstić information content (AvgIpc) is 2.77. The van der Waals surface area contributed by atoms with Crippen molar-refractivity contribution in [2.24, 2.45) is 0 Å². The van der Waals surface area contributed by atoms with Gasteiger partial charge in [-0.05, 0) is 18.9 Å². The molecular formula is C14H18N2O4. The molecule has 0 aromatic heterocycles. The van der Waals surface area contributed by atoms with Crippen molar-refractivity contribution in [1.29, 1.82) is 0 Å². The monoisotopic (exact) mass is 278 g/mol. The Bertz CT molecular complexity index is 501. The number of urea groups is 1. The van der Waals surface area contributed by atoms with Gasteiger partial charge in [-0.15, -0.1) is 0 Å². The number of β-amino-alcohol motifs (C(OH)–C–C–N with tert-alkyl or cyclic N) is 1. The van der Waals surface area contributed by atoms with Gasteiger partial charge in [0, 0.05) is 6.54 Å². The van der Waals surface area contributed by atoms with E-state index in [0.29, 0.717) is 18.5 Å². The van der Waals surface area contributed by atoms with Crippen LogP contribution in [0.5, 0.6) is 0 Å². The first-order valence-corrected chi connectivity index (χ1v) is 6.45. The molecule has 2 amide bonds. The van der Waals surface area contributed by atoms with E-state index in [-0.39, 0.29) is 6.54 Å². The molecule has 2 rings (SSSR count). The number of hydrogen-bond acceptors (Lipinski definition) is 3. The van der Waals surface area contributed by atoms with Crippen molar-refractivity contribution in [2.75, 3.05) is 13.1 Å². The summed E-state index contributed by atoms with van der Waals surface area (Å²) in [6.07, 6.45) is 0.490. The van der Waals surface area contributed by atoms with E-state index in [4.69, 9.17) is 0 Å². The highest BCUT2D eigenvalue weighted by molar-refractivity contribution is 5.83. The number of hydrogen-bond donors (Lipinski definition) is 3. The van der Waals surface area contributed by atoms with E-state index in [9.17, 15) is 19.8 Å². The van der Waals surface area contributed by atoms with E-state index in [0.717, 1.165) is 0 Å². The second-order valence-corrected chi connectivity index (χ2v) is 5.30. The number of benzene rings is 1. The van der Waals surface area contributed by atoms with Crippen molar-refractivity contribution < 1.29 is 19.8 Å². The molecule has 6 nitrogen and oxygen atoms in total. The number of carbonyl (C=O) groups is 2. The van der Waals surface area contributed by atoms with Crippen molar-refractivity contribution >= 4 is 12.0 Å². The Morgan fingerprint density at radius 2 is 2.00 bits per heavy atom. The van der Waals surface area contributed by atoms with Gasteiger partial charge in [-0.1, -0.05) is 30.3 Å². The highest BCUT2D eigenvalue weighted by atomic mass is 16.4. The molecule has 1 saturated heterocycles. The van der Waals surface area contributed by atoms with Crippen LogP contribution in [0.4, 0.5) is 4.79 Å². The van der Waals surface area contributed by atoms with Crippen LogP contribution in [0, 0.1) is 0 Å². The van der Waals surface area contributed by atoms with Crippen molar-refractivity contribution in [1.82, 2.24) is 10.2 Å². The Morgan fingerprint density at radius 3 is 2.50 bits per heavy atom. The summed E-state index contributed by atoms with van der Waals surface area (Å²) in [5, 5.41) is 21.6. The minimum atomic E-state index is -1.12. The van der Waals surface area contributed by atoms with Crippen LogP contribution in [-0.2, 0) is 4.79 Å². The van der Waals surface area contributed by atoms with Crippen LogP contribution in [0.25, 0.3) is 0 Å². The zero-order valence-corrected chi connectivity index (χ0v) is 11.2. The van der Waals surface area contributed by atoms with Crippen LogP contribution in [0.1, 0.15) is 24.9 Å². The molecule has 0 spiro atoms. The maximum Gasteiger partial charge on any atom is 0.330 e. The Morgan fingerprint density at radius 1 is 1.35 bits per heavy atom. The lowest BCUT2D eigenvalue weighted by Crippen LogP contribution is -2.44. The summed E-state index contributed by atoms with van der Waals surface area (Å²) in [6.45, 7) is 2.28. The number of nitrogens with zero attached hydrogens (tertiary/aromatic N) is 1. The van der Waals surface area contributed by atoms with Gasteiger partial charge >= 0.3 is 12.0 Å². The molecule has 108 valence electrons. The lowest BCUT2D eigenvalue weighted by molar-refractivity contribution is -0.139. The lowest BCUT2D eigenvalue weighted by atomic mass is 10.1. The Balaban J connectivity index is 2.06. The number of carboxylic acids is 1. The van der Waals surface area contributed by atoms with E-state index in [1.807, 2.05) is 0 Å². The fraction of sp³-hybridized carbons (Fsp3) is 0.429. The van der Waals surface area contributed by atoms with Crippen molar-refractivity contribution in [2.45, 2.75) is 25.0 Å². The molecule has 0 radical (unpaired) electrons. The minimum absolute atomic E-state index is 0.208. The van der Waals surface area contributed by atoms with Crippen molar-refractivity contribution in [3.8, 4) is 0 Å². The first-order valence-electron chi connectivity index (χ1n) is 6.45. The SMILES string of the molecule is CC1(O)CCN(C(=O)N[C@H](C(=O)O)c2ccccc2)C1. The van der Waals surface area contributed by atoms with Gasteiger partial charge in [-0.3, -0.25) is 0 Å². The van der Waals surface area contributed by atoms with E-state index in [1.54, 1.807) is 37.3 Å². The second kappa shape index (κ2) is 5.50. The molecule has 6 heteroatoms. The maximum absolute atomic E-state index is 12.1. The lowest BCUT2D eigenvalue weighted by Gasteiger charge is -2.22. The van der Waals surface area contributed by atoms with Crippen LogP contribution in [-0.4, -0.2) is 45.8 Å². The smallest absolute Gasteiger partial charge is 0.330 e. The standard InChI is InChI=1S/C14H18N2O4/c1-14(20)7-8-16(9-14)13(19)15-11(12(17)18)10-5-3-2-4-6-10/h2-6,11,20H,7-9H2,1H3,(H,15,19)(H,17,18)/t11-,14?/m0/s1. The highest BCUT2D eigenvalue weighted by Crippen LogP contribution is 2.21. The number of carbonyl (C=O) groups excluding carboxylic acids is 1. The third kappa shape index (κ3) is 3.27. The average molecular weight is 278 g/mol. The highest BCUT2D eigenvalue weighted by Gasteiger charge is 2.35. The van der Waals surface area contributed by atoms with E-state index in [1.165, 1.54) is 4.90 Å². The van der Waals surface area contributed by atoms with Gasteiger partial charge in [0.2, 0.25) is 0 Å². The third-order valence-electron chi connectivity index (χ3n) is 3.39. The van der Waals surface area contributed by atoms with Gasteiger partial charge in [0.15, 0.2) is 6.04 Å². The summed E-state index contributed by atoms with van der Waals surface area (Å²) in [4.78, 5) is 24.8. The molecule has 20 heavy (non-hydrogen) atoms. The topological polar surface area (TPSA) is 89.9 Å². The molecule has 1 aromatic carbocycles. The second-order valence-electron chi connectivity index (χ2n) is 5.30. The Labute approximate surface area is 117 Å². The number of carboxylic acid groups (broad SMARTS) is 1. The molecule has 1 unspecified atom stereocenters. The zero-order valence-electron chi connectivity index (χ0n) is 11.2. The van der Waals surface area contributed by atoms with Gasteiger partial charge in [-0.25, -0.2) is 9.59 Å². The molecule has 1 aliphatic rings. The van der Waals surface area contributed by atoms with E-state index in [2.05, 4.69) is 5.32 Å². The van der Waals surface area contributed by atoms with E-state index < -0.39 is 23.6 Å². The Hall–Kier alpha value is -2.08. The van der Waals surface area contributed by atoms with Crippen molar-refractivity contribution in [3.05, 3.63) is 35.9 Å². The molecule has 3 N–H and O–H groups in total. The summed E-state index contributed by atoms with van der Waals surface area (Å²) in [5.41, 5.74) is -0.387. The van der Waals surface area contributed by atoms with Crippen LogP contribution in [0.3, 0.4) is 0 Å². The first-order chi connectivity index (χ1) is 9.39. The van der Waals surface area contributed by atoms with Crippen LogP contribution < -0.4 is 5.32 Å². The molecule has 1 heterocycles. The first kappa shape index (κ1) is 14.3. The molecule has 0 aliphatic carbocycles. The zero-order chi connectivity index (χ0) is 14.8. The molecule has 1 aliphatic heterocycles. The van der Waals surface area contributed by atoms with Crippen LogP contribution in [0.2, 0.25) is 0 Å². The minimum Gasteiger partial charge on any atom is -0.479 e. The van der Waals surface area contributed by atoms with Crippen LogP contribution in [0.15, 0.2) is 30.3 Å². The number of nitrogens with one attached hydrogen (secondary N) is 1. The summed E-state index contributed by atoms with van der Waals surface area (Å²) >= 11 is 0. The van der Waals surface area contributed by atoms with Gasteiger partial charge in [0.1, 0.15) is 0 Å². The number of aliphatic carboxylic acids is 1. The normalized spacial score (nSPS) is 23.4. The number of aliphatic hydroxyl groups is 1. The fourth-order valence-corrected chi connectivity index (χ4v) is 2.27. The van der Waals surface area contributed by atoms with Crippen molar-refractivity contribution in [3.63, 3.8) is 0 Å². The molecule has 2 atom stereocenters. The largest absolute Gasteiger partial charge is 0.479 e. The molecular weight excluding hydrogens is 260 g/mol. The summed E-state index contributed by atoms with van der Waals surface area (Å²) < 4.78 is 0. The summed E-state index contributed by atoms with van der Waals surface area (Å²) in [7, 11) is 0. The predicted molar refractivity (Wildman–Crippen MR) is 72.2 cm³/mol. The van der Waals surface area contributed by atoms with Crippen LogP contribution >= 0.6 is 0 Å². The fourth-order valence-electron chi connectivity index (χ4n) is 2.27. The number of rotatable bonds is 3. The maximum atomic E-state index is 12.1.